The molecule has 1 saturated heterocycles. The number of nitrogens with one attached hydrogen (secondary N) is 1. The maximum atomic E-state index is 12.6. The Labute approximate surface area is 189 Å². The second-order valence-electron chi connectivity index (χ2n) is 6.40. The Bertz CT molecular complexity index is 1190. The first-order chi connectivity index (χ1) is 14.7. The van der Waals surface area contributed by atoms with Gasteiger partial charge in [-0.2, -0.15) is 8.42 Å². The molecule has 10 heteroatoms. The summed E-state index contributed by atoms with van der Waals surface area (Å²) in [6.45, 7) is 5.30. The van der Waals surface area contributed by atoms with Crippen LogP contribution in [0.1, 0.15) is 12.5 Å². The van der Waals surface area contributed by atoms with Gasteiger partial charge in [0, 0.05) is 19.2 Å². The number of benzene rings is 2. The van der Waals surface area contributed by atoms with Gasteiger partial charge in [-0.1, -0.05) is 42.2 Å². The second kappa shape index (κ2) is 9.46. The normalized spacial score (nSPS) is 15.3. The molecule has 0 bridgehead atoms. The smallest absolute Gasteiger partial charge is 0.339 e. The van der Waals surface area contributed by atoms with Crippen molar-refractivity contribution in [2.45, 2.75) is 11.8 Å². The van der Waals surface area contributed by atoms with Crippen LogP contribution in [-0.4, -0.2) is 36.0 Å². The molecule has 1 fully saturated rings. The van der Waals surface area contributed by atoms with Gasteiger partial charge in [0.15, 0.2) is 0 Å². The molecule has 1 aliphatic heterocycles. The third-order valence-corrected chi connectivity index (χ3v) is 6.65. The third-order valence-electron chi connectivity index (χ3n) is 4.01. The van der Waals surface area contributed by atoms with Crippen molar-refractivity contribution >= 4 is 62.0 Å². The molecule has 0 atom stereocenters. The van der Waals surface area contributed by atoms with E-state index in [0.717, 1.165) is 0 Å². The molecule has 1 heterocycles. The van der Waals surface area contributed by atoms with Gasteiger partial charge >= 0.3 is 10.1 Å². The molecular weight excluding hydrogens is 456 g/mol. The number of hydrogen-bond donors (Lipinski definition) is 1. The highest BCUT2D eigenvalue weighted by Crippen LogP contribution is 2.33. The van der Waals surface area contributed by atoms with E-state index in [9.17, 15) is 18.0 Å². The van der Waals surface area contributed by atoms with Crippen LogP contribution < -0.4 is 9.50 Å². The van der Waals surface area contributed by atoms with Crippen LogP contribution in [0.4, 0.5) is 5.69 Å². The van der Waals surface area contributed by atoms with Crippen molar-refractivity contribution in [3.05, 3.63) is 71.7 Å². The SMILES string of the molecule is C=CCN1C(=O)/C(=C/c2cccc(OS(=O)(=O)c3ccc(NC(C)=O)cc3)c2)SC1=S. The van der Waals surface area contributed by atoms with Gasteiger partial charge in [0.2, 0.25) is 5.91 Å². The van der Waals surface area contributed by atoms with E-state index in [4.69, 9.17) is 16.4 Å². The molecule has 2 aromatic rings. The third kappa shape index (κ3) is 5.60. The van der Waals surface area contributed by atoms with E-state index in [-0.39, 0.29) is 22.5 Å². The van der Waals surface area contributed by atoms with Crippen LogP contribution in [0.2, 0.25) is 0 Å². The quantitative estimate of drug-likeness (QED) is 0.282. The number of rotatable bonds is 7. The van der Waals surface area contributed by atoms with Crippen LogP contribution in [0.25, 0.3) is 6.08 Å². The number of carbonyl (C=O) groups excluding carboxylic acids is 2. The molecule has 1 N–H and O–H groups in total. The Hall–Kier alpha value is -2.95. The topological polar surface area (TPSA) is 92.8 Å². The van der Waals surface area contributed by atoms with Crippen molar-refractivity contribution in [1.82, 2.24) is 4.90 Å². The Kier molecular flexibility index (Phi) is 6.94. The molecule has 0 saturated carbocycles. The van der Waals surface area contributed by atoms with Gasteiger partial charge in [0.25, 0.3) is 5.91 Å². The lowest BCUT2D eigenvalue weighted by Crippen LogP contribution is -2.27. The van der Waals surface area contributed by atoms with E-state index < -0.39 is 10.1 Å². The van der Waals surface area contributed by atoms with E-state index in [1.54, 1.807) is 24.3 Å². The average molecular weight is 475 g/mol. The highest BCUT2D eigenvalue weighted by molar-refractivity contribution is 8.26. The van der Waals surface area contributed by atoms with Gasteiger partial charge in [0.1, 0.15) is 15.0 Å². The first-order valence-corrected chi connectivity index (χ1v) is 11.6. The maximum absolute atomic E-state index is 12.6. The first kappa shape index (κ1) is 22.7. The van der Waals surface area contributed by atoms with E-state index in [2.05, 4.69) is 11.9 Å². The summed E-state index contributed by atoms with van der Waals surface area (Å²) in [5.41, 5.74) is 1.06. The lowest BCUT2D eigenvalue weighted by molar-refractivity contribution is -0.121. The summed E-state index contributed by atoms with van der Waals surface area (Å²) < 4.78 is 30.8. The molecular formula is C21H18N2O5S3. The van der Waals surface area contributed by atoms with Crippen LogP contribution in [-0.2, 0) is 19.7 Å². The van der Waals surface area contributed by atoms with Gasteiger partial charge in [-0.25, -0.2) is 0 Å². The van der Waals surface area contributed by atoms with Crippen molar-refractivity contribution in [1.29, 1.82) is 0 Å². The largest absolute Gasteiger partial charge is 0.379 e. The number of carbonyl (C=O) groups is 2. The maximum Gasteiger partial charge on any atom is 0.339 e. The van der Waals surface area contributed by atoms with Crippen LogP contribution >= 0.6 is 24.0 Å². The zero-order valence-corrected chi connectivity index (χ0v) is 18.9. The van der Waals surface area contributed by atoms with Crippen LogP contribution in [0.15, 0.2) is 71.0 Å². The van der Waals surface area contributed by atoms with E-state index in [1.165, 1.54) is 60.0 Å². The number of amides is 2. The predicted octanol–water partition coefficient (Wildman–Crippen LogP) is 3.80. The van der Waals surface area contributed by atoms with Crippen molar-refractivity contribution in [3.63, 3.8) is 0 Å². The molecule has 3 rings (SSSR count). The Morgan fingerprint density at radius 1 is 1.26 bits per heavy atom. The average Bonchev–Trinajstić information content (AvgIpc) is 2.95. The Balaban J connectivity index is 1.79. The molecule has 2 amide bonds. The summed E-state index contributed by atoms with van der Waals surface area (Å²) in [6.07, 6.45) is 3.22. The van der Waals surface area contributed by atoms with Crippen LogP contribution in [0.3, 0.4) is 0 Å². The highest BCUT2D eigenvalue weighted by atomic mass is 32.2. The number of hydrogen-bond acceptors (Lipinski definition) is 7. The molecule has 0 radical (unpaired) electrons. The first-order valence-electron chi connectivity index (χ1n) is 8.98. The molecule has 0 aromatic heterocycles. The predicted molar refractivity (Wildman–Crippen MR) is 125 cm³/mol. The lowest BCUT2D eigenvalue weighted by Gasteiger charge is -2.10. The Morgan fingerprint density at radius 3 is 2.61 bits per heavy atom. The summed E-state index contributed by atoms with van der Waals surface area (Å²) in [4.78, 5) is 25.3. The molecule has 0 spiro atoms. The van der Waals surface area contributed by atoms with E-state index >= 15 is 0 Å². The molecule has 0 aliphatic carbocycles. The minimum atomic E-state index is -4.08. The van der Waals surface area contributed by atoms with Crippen molar-refractivity contribution in [3.8, 4) is 5.75 Å². The van der Waals surface area contributed by atoms with Crippen molar-refractivity contribution < 1.29 is 22.2 Å². The zero-order valence-electron chi connectivity index (χ0n) is 16.4. The van der Waals surface area contributed by atoms with Gasteiger partial charge in [-0.3, -0.25) is 14.5 Å². The summed E-state index contributed by atoms with van der Waals surface area (Å²) >= 11 is 6.38. The molecule has 2 aromatic carbocycles. The summed E-state index contributed by atoms with van der Waals surface area (Å²) in [5.74, 6) is -0.389. The van der Waals surface area contributed by atoms with Crippen LogP contribution in [0.5, 0.6) is 5.75 Å². The second-order valence-corrected chi connectivity index (χ2v) is 9.62. The summed E-state index contributed by atoms with van der Waals surface area (Å²) in [7, 11) is -4.08. The van der Waals surface area contributed by atoms with Gasteiger partial charge in [-0.15, -0.1) is 6.58 Å². The van der Waals surface area contributed by atoms with Crippen molar-refractivity contribution in [2.24, 2.45) is 0 Å². The van der Waals surface area contributed by atoms with Crippen molar-refractivity contribution in [2.75, 3.05) is 11.9 Å². The van der Waals surface area contributed by atoms with Gasteiger partial charge in [-0.05, 0) is 48.0 Å². The summed E-state index contributed by atoms with van der Waals surface area (Å²) in [5, 5.41) is 2.56. The minimum absolute atomic E-state index is 0.0581. The Morgan fingerprint density at radius 2 is 1.97 bits per heavy atom. The minimum Gasteiger partial charge on any atom is -0.379 e. The molecule has 0 unspecified atom stereocenters. The zero-order chi connectivity index (χ0) is 22.6. The fourth-order valence-electron chi connectivity index (χ4n) is 2.68. The number of thiocarbonyl (C=S) groups is 1. The van der Waals surface area contributed by atoms with E-state index in [1.807, 2.05) is 0 Å². The lowest BCUT2D eigenvalue weighted by atomic mass is 10.2. The molecule has 160 valence electrons. The van der Waals surface area contributed by atoms with Gasteiger partial charge < -0.3 is 9.50 Å². The fourth-order valence-corrected chi connectivity index (χ4v) is 4.87. The fraction of sp³-hybridized carbons (Fsp3) is 0.0952. The monoisotopic (exact) mass is 474 g/mol. The molecule has 7 nitrogen and oxygen atoms in total. The summed E-state index contributed by atoms with van der Waals surface area (Å²) in [6, 6.07) is 12.0. The van der Waals surface area contributed by atoms with E-state index in [0.29, 0.717) is 27.0 Å². The number of anilines is 1. The number of nitrogens with zero attached hydrogens (tertiary/aromatic N) is 1. The molecule has 1 aliphatic rings. The van der Waals surface area contributed by atoms with Crippen LogP contribution in [0, 0.1) is 0 Å². The van der Waals surface area contributed by atoms with Gasteiger partial charge in [0.05, 0.1) is 4.91 Å². The number of thioether (sulfide) groups is 1. The highest BCUT2D eigenvalue weighted by Gasteiger charge is 2.31. The standard InChI is InChI=1S/C21H18N2O5S3/c1-3-11-23-20(25)19(30-21(23)29)13-15-5-4-6-17(12-15)28-31(26,27)18-9-7-16(8-10-18)22-14(2)24/h3-10,12-13H,1,11H2,2H3,(H,22,24)/b19-13-. The molecule has 31 heavy (non-hydrogen) atoms.